The Bertz CT molecular complexity index is 988. The van der Waals surface area contributed by atoms with Crippen LogP contribution in [0.25, 0.3) is 0 Å². The predicted molar refractivity (Wildman–Crippen MR) is 111 cm³/mol. The molecule has 5 heteroatoms. The van der Waals surface area contributed by atoms with Gasteiger partial charge in [0.05, 0.1) is 12.6 Å². The van der Waals surface area contributed by atoms with Crippen LogP contribution in [-0.4, -0.2) is 22.1 Å². The van der Waals surface area contributed by atoms with Gasteiger partial charge in [-0.25, -0.2) is 0 Å². The van der Waals surface area contributed by atoms with E-state index in [1.165, 1.54) is 4.88 Å². The molecule has 146 valence electrons. The summed E-state index contributed by atoms with van der Waals surface area (Å²) in [5.41, 5.74) is 4.75. The number of benzene rings is 1. The number of carbonyl (C=O) groups excluding carboxylic acids is 1. The van der Waals surface area contributed by atoms with Crippen LogP contribution in [0.5, 0.6) is 5.75 Å². The van der Waals surface area contributed by atoms with E-state index in [4.69, 9.17) is 4.74 Å². The SMILES string of the molecule is Cc1cc(C(=O)COc2cccc3c2CCCC3O)c(C)n1Cc1cccs1. The molecule has 0 amide bonds. The minimum absolute atomic E-state index is 0.00977. The average molecular weight is 396 g/mol. The number of nitrogens with zero attached hydrogens (tertiary/aromatic N) is 1. The third-order valence-corrected chi connectivity index (χ3v) is 6.42. The Morgan fingerprint density at radius 3 is 2.93 bits per heavy atom. The minimum Gasteiger partial charge on any atom is -0.485 e. The van der Waals surface area contributed by atoms with E-state index in [0.717, 1.165) is 59.6 Å². The monoisotopic (exact) mass is 395 g/mol. The maximum absolute atomic E-state index is 12.9. The molecule has 4 rings (SSSR count). The van der Waals surface area contributed by atoms with E-state index >= 15 is 0 Å². The second-order valence-electron chi connectivity index (χ2n) is 7.39. The Hall–Kier alpha value is -2.37. The molecule has 3 aromatic rings. The molecule has 2 heterocycles. The van der Waals surface area contributed by atoms with Crippen molar-refractivity contribution in [3.8, 4) is 5.75 Å². The summed E-state index contributed by atoms with van der Waals surface area (Å²) in [4.78, 5) is 14.1. The van der Waals surface area contributed by atoms with Crippen molar-refractivity contribution in [2.45, 2.75) is 45.8 Å². The third kappa shape index (κ3) is 3.64. The molecule has 0 fully saturated rings. The quantitative estimate of drug-likeness (QED) is 0.607. The summed E-state index contributed by atoms with van der Waals surface area (Å²) in [7, 11) is 0. The van der Waals surface area contributed by atoms with Gasteiger partial charge in [-0.05, 0) is 67.8 Å². The average Bonchev–Trinajstić information content (AvgIpc) is 3.30. The van der Waals surface area contributed by atoms with E-state index in [2.05, 4.69) is 16.0 Å². The van der Waals surface area contributed by atoms with Crippen molar-refractivity contribution in [3.05, 3.63) is 74.7 Å². The standard InChI is InChI=1S/C23H25NO3S/c1-15-12-20(16(2)24(15)13-17-6-5-11-28-17)22(26)14-27-23-10-4-7-18-19(23)8-3-9-21(18)25/h4-7,10-12,21,25H,3,8-9,13-14H2,1-2H3. The van der Waals surface area contributed by atoms with Gasteiger partial charge in [0.2, 0.25) is 5.78 Å². The summed E-state index contributed by atoms with van der Waals surface area (Å²) in [5, 5.41) is 12.3. The van der Waals surface area contributed by atoms with Gasteiger partial charge in [-0.1, -0.05) is 18.2 Å². The van der Waals surface area contributed by atoms with Crippen LogP contribution in [0.2, 0.25) is 0 Å². The first kappa shape index (κ1) is 19.0. The molecule has 1 aliphatic carbocycles. The van der Waals surface area contributed by atoms with Gasteiger partial charge in [0.15, 0.2) is 6.61 Å². The van der Waals surface area contributed by atoms with Gasteiger partial charge in [0.1, 0.15) is 5.75 Å². The molecule has 0 bridgehead atoms. The second kappa shape index (κ2) is 7.94. The van der Waals surface area contributed by atoms with E-state index in [1.54, 1.807) is 11.3 Å². The van der Waals surface area contributed by atoms with Crippen LogP contribution in [0.3, 0.4) is 0 Å². The molecule has 2 aromatic heterocycles. The van der Waals surface area contributed by atoms with Crippen molar-refractivity contribution in [1.82, 2.24) is 4.57 Å². The smallest absolute Gasteiger partial charge is 0.202 e. The lowest BCUT2D eigenvalue weighted by Crippen LogP contribution is -2.16. The van der Waals surface area contributed by atoms with Crippen molar-refractivity contribution in [2.24, 2.45) is 0 Å². The van der Waals surface area contributed by atoms with Gasteiger partial charge in [-0.2, -0.15) is 0 Å². The van der Waals surface area contributed by atoms with Crippen molar-refractivity contribution in [1.29, 1.82) is 0 Å². The molecule has 28 heavy (non-hydrogen) atoms. The predicted octanol–water partition coefficient (Wildman–Crippen LogP) is 4.85. The Morgan fingerprint density at radius 2 is 2.14 bits per heavy atom. The van der Waals surface area contributed by atoms with Crippen molar-refractivity contribution in [2.75, 3.05) is 6.61 Å². The highest BCUT2D eigenvalue weighted by atomic mass is 32.1. The normalized spacial score (nSPS) is 16.0. The van der Waals surface area contributed by atoms with E-state index in [0.29, 0.717) is 0 Å². The van der Waals surface area contributed by atoms with E-state index in [1.807, 2.05) is 44.2 Å². The lowest BCUT2D eigenvalue weighted by Gasteiger charge is -2.23. The van der Waals surface area contributed by atoms with E-state index in [-0.39, 0.29) is 12.4 Å². The number of ketones is 1. The van der Waals surface area contributed by atoms with Gasteiger partial charge in [0, 0.05) is 21.8 Å². The molecule has 1 N–H and O–H groups in total. The molecular formula is C23H25NO3S. The lowest BCUT2D eigenvalue weighted by molar-refractivity contribution is 0.0919. The van der Waals surface area contributed by atoms with Crippen LogP contribution in [0.15, 0.2) is 41.8 Å². The summed E-state index contributed by atoms with van der Waals surface area (Å²) in [6.45, 7) is 4.82. The molecule has 1 aliphatic rings. The molecule has 4 nitrogen and oxygen atoms in total. The molecular weight excluding hydrogens is 370 g/mol. The summed E-state index contributed by atoms with van der Waals surface area (Å²) < 4.78 is 8.09. The fraction of sp³-hybridized carbons (Fsp3) is 0.348. The van der Waals surface area contributed by atoms with Gasteiger partial charge in [-0.15, -0.1) is 11.3 Å². The Kier molecular flexibility index (Phi) is 5.38. The maximum atomic E-state index is 12.9. The van der Waals surface area contributed by atoms with Crippen LogP contribution in [0.1, 0.15) is 56.7 Å². The fourth-order valence-corrected chi connectivity index (χ4v) is 4.72. The number of aryl methyl sites for hydroxylation is 1. The van der Waals surface area contributed by atoms with Crippen LogP contribution >= 0.6 is 11.3 Å². The summed E-state index contributed by atoms with van der Waals surface area (Å²) in [5.74, 6) is 0.705. The largest absolute Gasteiger partial charge is 0.485 e. The van der Waals surface area contributed by atoms with Crippen LogP contribution < -0.4 is 4.74 Å². The molecule has 0 saturated heterocycles. The Labute approximate surface area is 169 Å². The fourth-order valence-electron chi connectivity index (χ4n) is 4.03. The van der Waals surface area contributed by atoms with Crippen LogP contribution in [-0.2, 0) is 13.0 Å². The van der Waals surface area contributed by atoms with Gasteiger partial charge in [-0.3, -0.25) is 4.79 Å². The number of Topliss-reactive ketones (excluding diaryl/α,β-unsaturated/α-hetero) is 1. The highest BCUT2D eigenvalue weighted by Gasteiger charge is 2.22. The number of aromatic nitrogens is 1. The number of aliphatic hydroxyl groups is 1. The lowest BCUT2D eigenvalue weighted by atomic mass is 9.89. The summed E-state index contributed by atoms with van der Waals surface area (Å²) >= 11 is 1.72. The summed E-state index contributed by atoms with van der Waals surface area (Å²) in [6, 6.07) is 11.8. The van der Waals surface area contributed by atoms with Gasteiger partial charge >= 0.3 is 0 Å². The number of ether oxygens (including phenoxy) is 1. The Morgan fingerprint density at radius 1 is 1.29 bits per heavy atom. The number of aliphatic hydroxyl groups excluding tert-OH is 1. The van der Waals surface area contributed by atoms with Crippen molar-refractivity contribution < 1.29 is 14.6 Å². The minimum atomic E-state index is -0.431. The molecule has 0 aliphatic heterocycles. The number of fused-ring (bicyclic) bond motifs is 1. The van der Waals surface area contributed by atoms with Gasteiger partial charge in [0.25, 0.3) is 0 Å². The summed E-state index contributed by atoms with van der Waals surface area (Å²) in [6.07, 6.45) is 2.17. The first-order valence-electron chi connectivity index (χ1n) is 9.69. The zero-order valence-electron chi connectivity index (χ0n) is 16.3. The number of hydrogen-bond donors (Lipinski definition) is 1. The highest BCUT2D eigenvalue weighted by molar-refractivity contribution is 7.09. The first-order valence-corrected chi connectivity index (χ1v) is 10.6. The van der Waals surface area contributed by atoms with Crippen molar-refractivity contribution in [3.63, 3.8) is 0 Å². The number of thiophene rings is 1. The zero-order chi connectivity index (χ0) is 19.7. The number of rotatable bonds is 6. The number of carbonyl (C=O) groups is 1. The first-order chi connectivity index (χ1) is 13.5. The molecule has 0 spiro atoms. The Balaban J connectivity index is 1.50. The molecule has 0 radical (unpaired) electrons. The van der Waals surface area contributed by atoms with Crippen LogP contribution in [0.4, 0.5) is 0 Å². The number of hydrogen-bond acceptors (Lipinski definition) is 4. The van der Waals surface area contributed by atoms with E-state index < -0.39 is 6.10 Å². The van der Waals surface area contributed by atoms with Crippen LogP contribution in [0, 0.1) is 13.8 Å². The zero-order valence-corrected chi connectivity index (χ0v) is 17.1. The molecule has 1 atom stereocenters. The topological polar surface area (TPSA) is 51.5 Å². The third-order valence-electron chi connectivity index (χ3n) is 5.56. The molecule has 0 saturated carbocycles. The molecule has 1 aromatic carbocycles. The second-order valence-corrected chi connectivity index (χ2v) is 8.43. The molecule has 1 unspecified atom stereocenters. The highest BCUT2D eigenvalue weighted by Crippen LogP contribution is 2.35. The van der Waals surface area contributed by atoms with E-state index in [9.17, 15) is 9.90 Å². The maximum Gasteiger partial charge on any atom is 0.202 e. The van der Waals surface area contributed by atoms with Gasteiger partial charge < -0.3 is 14.4 Å². The van der Waals surface area contributed by atoms with Crippen molar-refractivity contribution >= 4 is 17.1 Å².